The molecule has 0 bridgehead atoms. The third-order valence-corrected chi connectivity index (χ3v) is 6.15. The molecule has 2 rings (SSSR count). The molecule has 1 aromatic rings. The number of rotatable bonds is 3. The standard InChI is InChI=1S/C15H22OSe/c1-14(2)10-7-11-15(3,16-14)12-17-13-8-5-4-6-9-13/h4-6,8-9H,7,10-12H2,1-3H3. The van der Waals surface area contributed by atoms with E-state index in [1.807, 2.05) is 0 Å². The van der Waals surface area contributed by atoms with Crippen LogP contribution in [0.3, 0.4) is 0 Å². The van der Waals surface area contributed by atoms with Gasteiger partial charge in [0.05, 0.1) is 0 Å². The molecule has 94 valence electrons. The summed E-state index contributed by atoms with van der Waals surface area (Å²) in [6.45, 7) is 6.73. The molecule has 2 heteroatoms. The van der Waals surface area contributed by atoms with E-state index in [-0.39, 0.29) is 11.2 Å². The van der Waals surface area contributed by atoms with Gasteiger partial charge in [0.25, 0.3) is 0 Å². The van der Waals surface area contributed by atoms with Gasteiger partial charge in [0.15, 0.2) is 0 Å². The van der Waals surface area contributed by atoms with Crippen LogP contribution in [0.5, 0.6) is 0 Å². The first kappa shape index (κ1) is 13.1. The molecule has 1 atom stereocenters. The minimum absolute atomic E-state index is 0.0692. The quantitative estimate of drug-likeness (QED) is 0.779. The summed E-state index contributed by atoms with van der Waals surface area (Å²) in [6.07, 6.45) is 3.71. The molecule has 1 aliphatic rings. The van der Waals surface area contributed by atoms with E-state index in [2.05, 4.69) is 51.1 Å². The molecule has 0 N–H and O–H groups in total. The number of hydrogen-bond donors (Lipinski definition) is 0. The Kier molecular flexibility index (Phi) is 3.97. The van der Waals surface area contributed by atoms with Gasteiger partial charge in [-0.1, -0.05) is 0 Å². The Morgan fingerprint density at radius 1 is 1.12 bits per heavy atom. The van der Waals surface area contributed by atoms with Crippen molar-refractivity contribution in [2.75, 3.05) is 0 Å². The van der Waals surface area contributed by atoms with E-state index in [1.54, 1.807) is 0 Å². The fraction of sp³-hybridized carbons (Fsp3) is 0.600. The summed E-state index contributed by atoms with van der Waals surface area (Å²) in [5.74, 6) is 0. The Labute approximate surface area is 111 Å². The van der Waals surface area contributed by atoms with Crippen molar-refractivity contribution in [1.82, 2.24) is 0 Å². The van der Waals surface area contributed by atoms with Crippen molar-refractivity contribution in [3.63, 3.8) is 0 Å². The Balaban J connectivity index is 1.94. The number of hydrogen-bond acceptors (Lipinski definition) is 1. The third kappa shape index (κ3) is 3.84. The van der Waals surface area contributed by atoms with Gasteiger partial charge in [-0.25, -0.2) is 0 Å². The maximum atomic E-state index is 6.30. The van der Waals surface area contributed by atoms with E-state index >= 15 is 0 Å². The topological polar surface area (TPSA) is 9.23 Å². The van der Waals surface area contributed by atoms with Crippen LogP contribution in [0.25, 0.3) is 0 Å². The minimum atomic E-state index is 0.0692. The molecule has 1 aliphatic heterocycles. The monoisotopic (exact) mass is 298 g/mol. The van der Waals surface area contributed by atoms with Gasteiger partial charge in [0, 0.05) is 0 Å². The normalized spacial score (nSPS) is 27.9. The fourth-order valence-electron chi connectivity index (χ4n) is 2.51. The summed E-state index contributed by atoms with van der Waals surface area (Å²) in [5, 5.41) is 1.19. The molecule has 0 spiro atoms. The van der Waals surface area contributed by atoms with Gasteiger partial charge >= 0.3 is 111 Å². The van der Waals surface area contributed by atoms with E-state index < -0.39 is 0 Å². The predicted molar refractivity (Wildman–Crippen MR) is 74.1 cm³/mol. The van der Waals surface area contributed by atoms with Crippen LogP contribution in [0, 0.1) is 0 Å². The Morgan fingerprint density at radius 3 is 2.47 bits per heavy atom. The first-order valence-electron chi connectivity index (χ1n) is 6.37. The molecule has 0 aliphatic carbocycles. The second kappa shape index (κ2) is 5.14. The van der Waals surface area contributed by atoms with Crippen LogP contribution in [0.1, 0.15) is 40.0 Å². The molecule has 1 aromatic carbocycles. The summed E-state index contributed by atoms with van der Waals surface area (Å²) in [5.41, 5.74) is 0.164. The maximum absolute atomic E-state index is 6.30. The average molecular weight is 297 g/mol. The van der Waals surface area contributed by atoms with Crippen LogP contribution in [0.2, 0.25) is 5.32 Å². The first-order valence-corrected chi connectivity index (χ1v) is 8.44. The molecule has 0 saturated carbocycles. The Hall–Kier alpha value is -0.301. The van der Waals surface area contributed by atoms with Gasteiger partial charge in [0.2, 0.25) is 0 Å². The second-order valence-corrected chi connectivity index (χ2v) is 7.97. The van der Waals surface area contributed by atoms with Crippen molar-refractivity contribution < 1.29 is 4.74 Å². The average Bonchev–Trinajstić information content (AvgIpc) is 2.26. The van der Waals surface area contributed by atoms with Gasteiger partial charge in [0.1, 0.15) is 0 Å². The summed E-state index contributed by atoms with van der Waals surface area (Å²) in [7, 11) is 0. The molecular weight excluding hydrogens is 275 g/mol. The van der Waals surface area contributed by atoms with Crippen LogP contribution in [0.4, 0.5) is 0 Å². The van der Waals surface area contributed by atoms with Crippen molar-refractivity contribution in [2.45, 2.75) is 56.6 Å². The Bertz CT molecular complexity index is 360. The van der Waals surface area contributed by atoms with E-state index in [4.69, 9.17) is 4.74 Å². The van der Waals surface area contributed by atoms with Gasteiger partial charge in [-0.05, 0) is 0 Å². The number of benzene rings is 1. The molecule has 1 saturated heterocycles. The van der Waals surface area contributed by atoms with E-state index in [0.29, 0.717) is 15.0 Å². The zero-order valence-electron chi connectivity index (χ0n) is 11.0. The Morgan fingerprint density at radius 2 is 1.82 bits per heavy atom. The number of ether oxygens (including phenoxy) is 1. The molecule has 1 nitrogen and oxygen atoms in total. The molecule has 1 unspecified atom stereocenters. The molecule has 0 radical (unpaired) electrons. The second-order valence-electron chi connectivity index (χ2n) is 5.77. The van der Waals surface area contributed by atoms with Gasteiger partial charge < -0.3 is 0 Å². The molecule has 0 amide bonds. The van der Waals surface area contributed by atoms with E-state index in [0.717, 1.165) is 0 Å². The fourth-order valence-corrected chi connectivity index (χ4v) is 4.66. The van der Waals surface area contributed by atoms with Gasteiger partial charge in [-0.15, -0.1) is 0 Å². The first-order chi connectivity index (χ1) is 7.99. The van der Waals surface area contributed by atoms with Crippen molar-refractivity contribution >= 4 is 19.4 Å². The summed E-state index contributed by atoms with van der Waals surface area (Å²) < 4.78 is 7.78. The van der Waals surface area contributed by atoms with Gasteiger partial charge in [-0.2, -0.15) is 0 Å². The van der Waals surface area contributed by atoms with Crippen LogP contribution in [0.15, 0.2) is 30.3 Å². The molecular formula is C15H22OSe. The third-order valence-electron chi connectivity index (χ3n) is 3.29. The SMILES string of the molecule is CC1(C)CCCC(C)(C[Se]c2ccccc2)O1. The van der Waals surface area contributed by atoms with Crippen LogP contribution in [-0.2, 0) is 4.74 Å². The van der Waals surface area contributed by atoms with Crippen molar-refractivity contribution in [3.05, 3.63) is 30.3 Å². The zero-order valence-corrected chi connectivity index (χ0v) is 12.7. The van der Waals surface area contributed by atoms with Crippen LogP contribution in [-0.4, -0.2) is 26.2 Å². The summed E-state index contributed by atoms with van der Waals surface area (Å²) >= 11 is 0.531. The van der Waals surface area contributed by atoms with Crippen molar-refractivity contribution in [3.8, 4) is 0 Å². The van der Waals surface area contributed by atoms with E-state index in [9.17, 15) is 0 Å². The zero-order chi connectivity index (χ0) is 12.4. The van der Waals surface area contributed by atoms with Crippen LogP contribution < -0.4 is 4.46 Å². The molecule has 1 fully saturated rings. The van der Waals surface area contributed by atoms with Gasteiger partial charge in [-0.3, -0.25) is 0 Å². The van der Waals surface area contributed by atoms with Crippen molar-refractivity contribution in [2.24, 2.45) is 0 Å². The summed E-state index contributed by atoms with van der Waals surface area (Å²) in [6, 6.07) is 10.8. The van der Waals surface area contributed by atoms with E-state index in [1.165, 1.54) is 29.0 Å². The van der Waals surface area contributed by atoms with Crippen LogP contribution >= 0.6 is 0 Å². The summed E-state index contributed by atoms with van der Waals surface area (Å²) in [4.78, 5) is 0. The molecule has 17 heavy (non-hydrogen) atoms. The van der Waals surface area contributed by atoms with Crippen molar-refractivity contribution in [1.29, 1.82) is 0 Å². The molecule has 1 heterocycles. The molecule has 0 aromatic heterocycles. The predicted octanol–water partition coefficient (Wildman–Crippen LogP) is 3.17.